The van der Waals surface area contributed by atoms with E-state index in [-0.39, 0.29) is 11.0 Å². The Morgan fingerprint density at radius 1 is 1.11 bits per heavy atom. The molecular formula is C15H32N2O. The van der Waals surface area contributed by atoms with Gasteiger partial charge in [0.05, 0.1) is 13.2 Å². The van der Waals surface area contributed by atoms with Crippen molar-refractivity contribution in [1.29, 1.82) is 0 Å². The fraction of sp³-hybridized carbons (Fsp3) is 1.00. The number of rotatable bonds is 5. The summed E-state index contributed by atoms with van der Waals surface area (Å²) in [7, 11) is 0. The number of morpholine rings is 1. The lowest BCUT2D eigenvalue weighted by molar-refractivity contribution is -0.0395. The molecule has 0 radical (unpaired) electrons. The van der Waals surface area contributed by atoms with Crippen molar-refractivity contribution < 1.29 is 4.74 Å². The van der Waals surface area contributed by atoms with Gasteiger partial charge in [0.1, 0.15) is 0 Å². The highest BCUT2D eigenvalue weighted by Crippen LogP contribution is 2.32. The molecule has 1 rings (SSSR count). The summed E-state index contributed by atoms with van der Waals surface area (Å²) in [5.74, 6) is 0. The third kappa shape index (κ3) is 3.94. The molecule has 0 saturated carbocycles. The third-order valence-corrected chi connectivity index (χ3v) is 4.00. The molecule has 0 aromatic rings. The van der Waals surface area contributed by atoms with Gasteiger partial charge in [0.25, 0.3) is 0 Å². The Bertz CT molecular complexity index is 239. The van der Waals surface area contributed by atoms with E-state index in [2.05, 4.69) is 51.8 Å². The summed E-state index contributed by atoms with van der Waals surface area (Å²) in [6.45, 7) is 18.9. The van der Waals surface area contributed by atoms with Crippen LogP contribution < -0.4 is 5.32 Å². The van der Waals surface area contributed by atoms with Gasteiger partial charge >= 0.3 is 0 Å². The molecule has 0 aromatic carbocycles. The number of nitrogens with one attached hydrogen (secondary N) is 1. The monoisotopic (exact) mass is 256 g/mol. The highest BCUT2D eigenvalue weighted by molar-refractivity contribution is 5.00. The minimum Gasteiger partial charge on any atom is -0.379 e. The van der Waals surface area contributed by atoms with Gasteiger partial charge < -0.3 is 10.1 Å². The van der Waals surface area contributed by atoms with Crippen LogP contribution in [0.2, 0.25) is 0 Å². The predicted molar refractivity (Wildman–Crippen MR) is 78.0 cm³/mol. The fourth-order valence-corrected chi connectivity index (χ4v) is 3.23. The van der Waals surface area contributed by atoms with Gasteiger partial charge in [-0.3, -0.25) is 4.90 Å². The molecule has 0 bridgehead atoms. The first-order valence-corrected chi connectivity index (χ1v) is 7.36. The predicted octanol–water partition coefficient (Wildman–Crippen LogP) is 2.51. The van der Waals surface area contributed by atoms with E-state index in [4.69, 9.17) is 4.74 Å². The second-order valence-electron chi connectivity index (χ2n) is 7.01. The third-order valence-electron chi connectivity index (χ3n) is 4.00. The van der Waals surface area contributed by atoms with E-state index in [0.29, 0.717) is 6.04 Å². The van der Waals surface area contributed by atoms with E-state index >= 15 is 0 Å². The van der Waals surface area contributed by atoms with Crippen LogP contribution in [-0.2, 0) is 4.74 Å². The minimum atomic E-state index is 0.164. The smallest absolute Gasteiger partial charge is 0.0594 e. The zero-order chi connectivity index (χ0) is 13.8. The highest BCUT2D eigenvalue weighted by Gasteiger charge is 2.41. The maximum Gasteiger partial charge on any atom is 0.0594 e. The summed E-state index contributed by atoms with van der Waals surface area (Å²) >= 11 is 0. The van der Waals surface area contributed by atoms with Crippen LogP contribution in [0.3, 0.4) is 0 Å². The molecule has 0 aromatic heterocycles. The molecule has 108 valence electrons. The molecule has 1 unspecified atom stereocenters. The lowest BCUT2D eigenvalue weighted by Gasteiger charge is -2.50. The van der Waals surface area contributed by atoms with Crippen LogP contribution >= 0.6 is 0 Å². The van der Waals surface area contributed by atoms with E-state index in [1.165, 1.54) is 6.42 Å². The average Bonchev–Trinajstić information content (AvgIpc) is 2.28. The molecule has 3 nitrogen and oxygen atoms in total. The second-order valence-corrected chi connectivity index (χ2v) is 7.01. The van der Waals surface area contributed by atoms with Gasteiger partial charge in [-0.1, -0.05) is 27.7 Å². The largest absolute Gasteiger partial charge is 0.379 e. The lowest BCUT2D eigenvalue weighted by atomic mass is 9.74. The van der Waals surface area contributed by atoms with Crippen molar-refractivity contribution in [1.82, 2.24) is 10.2 Å². The first-order valence-electron chi connectivity index (χ1n) is 7.36. The molecule has 0 aliphatic carbocycles. The quantitative estimate of drug-likeness (QED) is 0.818. The summed E-state index contributed by atoms with van der Waals surface area (Å²) < 4.78 is 5.48. The van der Waals surface area contributed by atoms with Gasteiger partial charge in [0.2, 0.25) is 0 Å². The van der Waals surface area contributed by atoms with Gasteiger partial charge in [-0.15, -0.1) is 0 Å². The zero-order valence-electron chi connectivity index (χ0n) is 13.2. The number of nitrogens with zero attached hydrogens (tertiary/aromatic N) is 1. The Kier molecular flexibility index (Phi) is 5.63. The van der Waals surface area contributed by atoms with Crippen molar-refractivity contribution in [3.63, 3.8) is 0 Å². The number of ether oxygens (including phenoxy) is 1. The molecule has 3 heteroatoms. The summed E-state index contributed by atoms with van der Waals surface area (Å²) in [6.07, 6.45) is 1.19. The van der Waals surface area contributed by atoms with E-state index < -0.39 is 0 Å². The Morgan fingerprint density at radius 2 is 1.67 bits per heavy atom. The van der Waals surface area contributed by atoms with E-state index in [0.717, 1.165) is 32.8 Å². The number of hydrogen-bond acceptors (Lipinski definition) is 3. The summed E-state index contributed by atoms with van der Waals surface area (Å²) in [5.41, 5.74) is 0.425. The van der Waals surface area contributed by atoms with E-state index in [1.807, 2.05) is 0 Å². The van der Waals surface area contributed by atoms with Crippen LogP contribution in [0.4, 0.5) is 0 Å². The lowest BCUT2D eigenvalue weighted by Crippen LogP contribution is -2.64. The van der Waals surface area contributed by atoms with Crippen LogP contribution in [-0.4, -0.2) is 49.3 Å². The average molecular weight is 256 g/mol. The topological polar surface area (TPSA) is 24.5 Å². The Hall–Kier alpha value is -0.120. The van der Waals surface area contributed by atoms with Crippen molar-refractivity contribution >= 4 is 0 Å². The Labute approximate surface area is 113 Å². The first-order chi connectivity index (χ1) is 8.30. The van der Waals surface area contributed by atoms with Crippen molar-refractivity contribution in [3.05, 3.63) is 0 Å². The Balaban J connectivity index is 2.80. The second kappa shape index (κ2) is 6.36. The number of hydrogen-bond donors (Lipinski definition) is 1. The van der Waals surface area contributed by atoms with E-state index in [1.54, 1.807) is 0 Å². The molecule has 1 N–H and O–H groups in total. The van der Waals surface area contributed by atoms with Crippen LogP contribution in [0.25, 0.3) is 0 Å². The van der Waals surface area contributed by atoms with Crippen molar-refractivity contribution in [2.24, 2.45) is 5.41 Å². The molecule has 1 aliphatic rings. The SMILES string of the molecule is CCCNC(C(C)(C)C)C(C)(C)N1CCOCC1. The van der Waals surface area contributed by atoms with E-state index in [9.17, 15) is 0 Å². The maximum absolute atomic E-state index is 5.48. The maximum atomic E-state index is 5.48. The first kappa shape index (κ1) is 15.9. The minimum absolute atomic E-state index is 0.164. The van der Waals surface area contributed by atoms with Crippen LogP contribution in [0, 0.1) is 5.41 Å². The summed E-state index contributed by atoms with van der Waals surface area (Å²) in [6, 6.07) is 0.489. The molecule has 0 spiro atoms. The molecule has 0 amide bonds. The van der Waals surface area contributed by atoms with Crippen LogP contribution in [0.5, 0.6) is 0 Å². The molecular weight excluding hydrogens is 224 g/mol. The van der Waals surface area contributed by atoms with Crippen molar-refractivity contribution in [2.75, 3.05) is 32.8 Å². The normalized spacial score (nSPS) is 21.0. The van der Waals surface area contributed by atoms with Crippen molar-refractivity contribution in [2.45, 2.75) is 59.5 Å². The van der Waals surface area contributed by atoms with Gasteiger partial charge in [-0.25, -0.2) is 0 Å². The van der Waals surface area contributed by atoms with Gasteiger partial charge in [0.15, 0.2) is 0 Å². The molecule has 18 heavy (non-hydrogen) atoms. The van der Waals surface area contributed by atoms with Gasteiger partial charge in [-0.05, 0) is 32.2 Å². The summed E-state index contributed by atoms with van der Waals surface area (Å²) in [4.78, 5) is 2.58. The molecule has 1 aliphatic heterocycles. The Morgan fingerprint density at radius 3 is 2.11 bits per heavy atom. The zero-order valence-corrected chi connectivity index (χ0v) is 13.2. The standard InChI is InChI=1S/C15H32N2O/c1-7-8-16-13(14(2,3)4)15(5,6)17-9-11-18-12-10-17/h13,16H,7-12H2,1-6H3. The highest BCUT2D eigenvalue weighted by atomic mass is 16.5. The summed E-state index contributed by atoms with van der Waals surface area (Å²) in [5, 5.41) is 3.76. The van der Waals surface area contributed by atoms with Crippen molar-refractivity contribution in [3.8, 4) is 0 Å². The molecule has 1 atom stereocenters. The van der Waals surface area contributed by atoms with Gasteiger partial charge in [0, 0.05) is 24.7 Å². The molecule has 1 heterocycles. The molecule has 1 fully saturated rings. The van der Waals surface area contributed by atoms with Crippen LogP contribution in [0.1, 0.15) is 48.0 Å². The van der Waals surface area contributed by atoms with Gasteiger partial charge in [-0.2, -0.15) is 0 Å². The fourth-order valence-electron chi connectivity index (χ4n) is 3.23. The van der Waals surface area contributed by atoms with Crippen LogP contribution in [0.15, 0.2) is 0 Å². The molecule has 1 saturated heterocycles.